The Balaban J connectivity index is 2.60. The minimum Gasteiger partial charge on any atom is -0.387 e. The van der Waals surface area contributed by atoms with Gasteiger partial charge in [0.25, 0.3) is 0 Å². The van der Waals surface area contributed by atoms with E-state index in [1.807, 2.05) is 6.20 Å². The van der Waals surface area contributed by atoms with Gasteiger partial charge < -0.3 is 5.32 Å². The van der Waals surface area contributed by atoms with Crippen molar-refractivity contribution in [1.29, 1.82) is 0 Å². The fourth-order valence-electron chi connectivity index (χ4n) is 1.43. The normalized spacial score (nSPS) is 13.9. The molecular weight excluding hydrogens is 134 g/mol. The van der Waals surface area contributed by atoms with Gasteiger partial charge in [0, 0.05) is 6.54 Å². The molecule has 1 aliphatic rings. The average molecular weight is 145 g/mol. The summed E-state index contributed by atoms with van der Waals surface area (Å²) in [5, 5.41) is 3.20. The van der Waals surface area contributed by atoms with Gasteiger partial charge in [-0.05, 0) is 35.9 Å². The highest BCUT2D eigenvalue weighted by Gasteiger charge is 2.04. The number of benzene rings is 1. The smallest absolute Gasteiger partial charge is 0.0403 e. The fourth-order valence-corrected chi connectivity index (χ4v) is 1.43. The number of rotatable bonds is 0. The van der Waals surface area contributed by atoms with Crippen molar-refractivity contribution in [3.63, 3.8) is 0 Å². The highest BCUT2D eigenvalue weighted by molar-refractivity contribution is 5.57. The lowest BCUT2D eigenvalue weighted by Crippen LogP contribution is -2.11. The molecule has 1 nitrogen and oxygen atoms in total. The highest BCUT2D eigenvalue weighted by atomic mass is 14.8. The van der Waals surface area contributed by atoms with Crippen LogP contribution in [0.25, 0.3) is 6.08 Å². The Morgan fingerprint density at radius 3 is 3.09 bits per heavy atom. The molecular formula is C10H11N. The molecule has 1 heterocycles. The van der Waals surface area contributed by atoms with Crippen LogP contribution in [0.2, 0.25) is 0 Å². The zero-order chi connectivity index (χ0) is 7.68. The number of nitrogens with one attached hydrogen (secondary N) is 1. The maximum Gasteiger partial charge on any atom is 0.0403 e. The largest absolute Gasteiger partial charge is 0.387 e. The van der Waals surface area contributed by atoms with E-state index in [2.05, 4.69) is 36.5 Å². The number of hydrogen-bond donors (Lipinski definition) is 1. The SMILES string of the molecule is Cc1cccc2c1CNC=C2. The Labute approximate surface area is 66.7 Å². The molecule has 1 aliphatic heterocycles. The molecule has 0 radical (unpaired) electrons. The van der Waals surface area contributed by atoms with Crippen LogP contribution in [0.1, 0.15) is 16.7 Å². The van der Waals surface area contributed by atoms with Gasteiger partial charge >= 0.3 is 0 Å². The summed E-state index contributed by atoms with van der Waals surface area (Å²) in [6, 6.07) is 6.41. The van der Waals surface area contributed by atoms with Gasteiger partial charge in [0.15, 0.2) is 0 Å². The first kappa shape index (κ1) is 6.47. The minimum atomic E-state index is 0.971. The minimum absolute atomic E-state index is 0.971. The van der Waals surface area contributed by atoms with Crippen LogP contribution in [-0.4, -0.2) is 0 Å². The molecule has 0 bridgehead atoms. The lowest BCUT2D eigenvalue weighted by molar-refractivity contribution is 0.851. The van der Waals surface area contributed by atoms with Crippen molar-refractivity contribution in [2.24, 2.45) is 0 Å². The predicted octanol–water partition coefficient (Wildman–Crippen LogP) is 2.07. The number of aryl methyl sites for hydroxylation is 1. The molecule has 0 aromatic heterocycles. The van der Waals surface area contributed by atoms with Gasteiger partial charge in [0.05, 0.1) is 0 Å². The maximum absolute atomic E-state index is 3.20. The van der Waals surface area contributed by atoms with Gasteiger partial charge in [0.2, 0.25) is 0 Å². The molecule has 1 aromatic carbocycles. The lowest BCUT2D eigenvalue weighted by atomic mass is 10.0. The van der Waals surface area contributed by atoms with Crippen LogP contribution >= 0.6 is 0 Å². The molecule has 11 heavy (non-hydrogen) atoms. The molecule has 0 fully saturated rings. The summed E-state index contributed by atoms with van der Waals surface area (Å²) < 4.78 is 0. The van der Waals surface area contributed by atoms with Crippen molar-refractivity contribution >= 4 is 6.08 Å². The first-order valence-corrected chi connectivity index (χ1v) is 3.86. The van der Waals surface area contributed by atoms with Gasteiger partial charge in [-0.25, -0.2) is 0 Å². The quantitative estimate of drug-likeness (QED) is 0.589. The molecule has 1 heteroatoms. The van der Waals surface area contributed by atoms with Gasteiger partial charge in [-0.2, -0.15) is 0 Å². The van der Waals surface area contributed by atoms with Crippen LogP contribution in [0.15, 0.2) is 24.4 Å². The first-order valence-electron chi connectivity index (χ1n) is 3.86. The molecule has 1 N–H and O–H groups in total. The van der Waals surface area contributed by atoms with Gasteiger partial charge in [0.1, 0.15) is 0 Å². The summed E-state index contributed by atoms with van der Waals surface area (Å²) in [4.78, 5) is 0. The third-order valence-corrected chi connectivity index (χ3v) is 2.11. The van der Waals surface area contributed by atoms with Gasteiger partial charge in [-0.15, -0.1) is 0 Å². The van der Waals surface area contributed by atoms with Gasteiger partial charge in [-0.3, -0.25) is 0 Å². The molecule has 0 atom stereocenters. The van der Waals surface area contributed by atoms with E-state index in [4.69, 9.17) is 0 Å². The fraction of sp³-hybridized carbons (Fsp3) is 0.200. The Hall–Kier alpha value is -1.24. The second-order valence-electron chi connectivity index (χ2n) is 2.86. The van der Waals surface area contributed by atoms with Gasteiger partial charge in [-0.1, -0.05) is 18.2 Å². The number of hydrogen-bond acceptors (Lipinski definition) is 1. The van der Waals surface area contributed by atoms with Crippen LogP contribution in [0.5, 0.6) is 0 Å². The van der Waals surface area contributed by atoms with Crippen LogP contribution in [0, 0.1) is 6.92 Å². The summed E-state index contributed by atoms with van der Waals surface area (Å²) >= 11 is 0. The average Bonchev–Trinajstić information content (AvgIpc) is 2.06. The lowest BCUT2D eigenvalue weighted by Gasteiger charge is -2.13. The third-order valence-electron chi connectivity index (χ3n) is 2.11. The van der Waals surface area contributed by atoms with Crippen molar-refractivity contribution in [2.45, 2.75) is 13.5 Å². The van der Waals surface area contributed by atoms with Crippen LogP contribution in [-0.2, 0) is 6.54 Å². The second kappa shape index (κ2) is 2.42. The van der Waals surface area contributed by atoms with E-state index in [1.165, 1.54) is 16.7 Å². The van der Waals surface area contributed by atoms with Crippen LogP contribution < -0.4 is 5.32 Å². The number of fused-ring (bicyclic) bond motifs is 1. The Kier molecular flexibility index (Phi) is 1.42. The predicted molar refractivity (Wildman–Crippen MR) is 47.1 cm³/mol. The third kappa shape index (κ3) is 1.03. The Morgan fingerprint density at radius 1 is 1.36 bits per heavy atom. The highest BCUT2D eigenvalue weighted by Crippen LogP contribution is 2.17. The molecule has 0 spiro atoms. The van der Waals surface area contributed by atoms with Crippen molar-refractivity contribution in [2.75, 3.05) is 0 Å². The summed E-state index contributed by atoms with van der Waals surface area (Å²) in [5.41, 5.74) is 4.15. The van der Waals surface area contributed by atoms with E-state index in [0.29, 0.717) is 0 Å². The van der Waals surface area contributed by atoms with Crippen molar-refractivity contribution in [3.8, 4) is 0 Å². The van der Waals surface area contributed by atoms with E-state index in [9.17, 15) is 0 Å². The van der Waals surface area contributed by atoms with E-state index in [1.54, 1.807) is 0 Å². The van der Waals surface area contributed by atoms with Crippen molar-refractivity contribution in [1.82, 2.24) is 5.32 Å². The molecule has 2 rings (SSSR count). The van der Waals surface area contributed by atoms with E-state index in [-0.39, 0.29) is 0 Å². The van der Waals surface area contributed by atoms with Crippen molar-refractivity contribution < 1.29 is 0 Å². The molecule has 0 unspecified atom stereocenters. The summed E-state index contributed by atoms with van der Waals surface area (Å²) in [6.45, 7) is 3.12. The second-order valence-corrected chi connectivity index (χ2v) is 2.86. The molecule has 0 amide bonds. The molecule has 0 saturated heterocycles. The first-order chi connectivity index (χ1) is 5.38. The van der Waals surface area contributed by atoms with E-state index in [0.717, 1.165) is 6.54 Å². The standard InChI is InChI=1S/C10H11N/c1-8-3-2-4-9-5-6-11-7-10(8)9/h2-6,11H,7H2,1H3. The van der Waals surface area contributed by atoms with E-state index < -0.39 is 0 Å². The van der Waals surface area contributed by atoms with E-state index >= 15 is 0 Å². The summed E-state index contributed by atoms with van der Waals surface area (Å²) in [5.74, 6) is 0. The Bertz CT molecular complexity index is 300. The van der Waals surface area contributed by atoms with Crippen molar-refractivity contribution in [3.05, 3.63) is 41.1 Å². The van der Waals surface area contributed by atoms with Crippen LogP contribution in [0.3, 0.4) is 0 Å². The zero-order valence-corrected chi connectivity index (χ0v) is 6.59. The molecule has 0 aliphatic carbocycles. The molecule has 1 aromatic rings. The van der Waals surface area contributed by atoms with Crippen LogP contribution in [0.4, 0.5) is 0 Å². The Morgan fingerprint density at radius 2 is 2.27 bits per heavy atom. The monoisotopic (exact) mass is 145 g/mol. The zero-order valence-electron chi connectivity index (χ0n) is 6.59. The topological polar surface area (TPSA) is 12.0 Å². The maximum atomic E-state index is 3.20. The molecule has 0 saturated carbocycles. The summed E-state index contributed by atoms with van der Waals surface area (Å²) in [6.07, 6.45) is 4.12. The molecule has 56 valence electrons. The summed E-state index contributed by atoms with van der Waals surface area (Å²) in [7, 11) is 0.